The van der Waals surface area contributed by atoms with Gasteiger partial charge in [-0.15, -0.1) is 0 Å². The van der Waals surface area contributed by atoms with Crippen LogP contribution in [0.1, 0.15) is 34.1 Å². The number of carboxylic acid groups (broad SMARTS) is 1. The van der Waals surface area contributed by atoms with E-state index < -0.39 is 5.97 Å². The zero-order valence-corrected chi connectivity index (χ0v) is 8.79. The summed E-state index contributed by atoms with van der Waals surface area (Å²) in [5, 5.41) is 8.94. The summed E-state index contributed by atoms with van der Waals surface area (Å²) in [4.78, 5) is 10.9. The molecule has 13 heavy (non-hydrogen) atoms. The maximum atomic E-state index is 10.9. The summed E-state index contributed by atoms with van der Waals surface area (Å²) in [5.41, 5.74) is 1.37. The number of hydrogen-bond acceptors (Lipinski definition) is 1. The number of aliphatic carboxylic acids is 1. The molecular formula is C11H18O2. The van der Waals surface area contributed by atoms with Crippen molar-refractivity contribution in [1.29, 1.82) is 0 Å². The van der Waals surface area contributed by atoms with E-state index in [1.807, 2.05) is 0 Å². The van der Waals surface area contributed by atoms with E-state index in [0.29, 0.717) is 0 Å². The molecule has 1 aliphatic rings. The highest BCUT2D eigenvalue weighted by Gasteiger charge is 2.39. The zero-order chi connectivity index (χ0) is 10.2. The molecule has 2 atom stereocenters. The van der Waals surface area contributed by atoms with Crippen molar-refractivity contribution in [2.24, 2.45) is 17.3 Å². The van der Waals surface area contributed by atoms with Crippen molar-refractivity contribution in [1.82, 2.24) is 0 Å². The fraction of sp³-hybridized carbons (Fsp3) is 0.727. The Morgan fingerprint density at radius 2 is 2.23 bits per heavy atom. The predicted molar refractivity (Wildman–Crippen MR) is 52.4 cm³/mol. The summed E-state index contributed by atoms with van der Waals surface area (Å²) in [6.07, 6.45) is 3.14. The van der Waals surface area contributed by atoms with Crippen LogP contribution in [0, 0.1) is 17.3 Å². The van der Waals surface area contributed by atoms with Gasteiger partial charge in [0.05, 0.1) is 5.92 Å². The predicted octanol–water partition coefficient (Wildman–Crippen LogP) is 2.70. The van der Waals surface area contributed by atoms with Crippen LogP contribution in [0.3, 0.4) is 0 Å². The first-order chi connectivity index (χ1) is 5.84. The van der Waals surface area contributed by atoms with Crippen molar-refractivity contribution in [2.45, 2.75) is 34.1 Å². The molecule has 0 fully saturated rings. The van der Waals surface area contributed by atoms with Gasteiger partial charge in [-0.25, -0.2) is 0 Å². The van der Waals surface area contributed by atoms with Crippen molar-refractivity contribution >= 4 is 5.97 Å². The van der Waals surface area contributed by atoms with Crippen molar-refractivity contribution in [3.05, 3.63) is 11.6 Å². The first kappa shape index (κ1) is 10.3. The molecule has 0 heterocycles. The summed E-state index contributed by atoms with van der Waals surface area (Å²) in [7, 11) is 0. The van der Waals surface area contributed by atoms with E-state index in [9.17, 15) is 4.79 Å². The van der Waals surface area contributed by atoms with Gasteiger partial charge >= 0.3 is 5.97 Å². The number of rotatable bonds is 2. The van der Waals surface area contributed by atoms with Crippen molar-refractivity contribution < 1.29 is 9.90 Å². The number of hydrogen-bond donors (Lipinski definition) is 1. The lowest BCUT2D eigenvalue weighted by molar-refractivity contribution is -0.144. The van der Waals surface area contributed by atoms with Gasteiger partial charge in [0.1, 0.15) is 0 Å². The fourth-order valence-corrected chi connectivity index (χ4v) is 2.40. The van der Waals surface area contributed by atoms with Gasteiger partial charge in [0.25, 0.3) is 0 Å². The molecular weight excluding hydrogens is 164 g/mol. The highest BCUT2D eigenvalue weighted by Crippen LogP contribution is 2.44. The highest BCUT2D eigenvalue weighted by atomic mass is 16.4. The molecule has 0 bridgehead atoms. The van der Waals surface area contributed by atoms with Gasteiger partial charge in [-0.1, -0.05) is 32.4 Å². The minimum atomic E-state index is -0.679. The van der Waals surface area contributed by atoms with Crippen LogP contribution in [0.4, 0.5) is 0 Å². The lowest BCUT2D eigenvalue weighted by Gasteiger charge is -2.29. The van der Waals surface area contributed by atoms with Gasteiger partial charge in [0.15, 0.2) is 0 Å². The largest absolute Gasteiger partial charge is 0.481 e. The maximum absolute atomic E-state index is 10.9. The third kappa shape index (κ3) is 1.93. The lowest BCUT2D eigenvalue weighted by atomic mass is 9.75. The third-order valence-electron chi connectivity index (χ3n) is 3.11. The van der Waals surface area contributed by atoms with E-state index >= 15 is 0 Å². The van der Waals surface area contributed by atoms with E-state index in [4.69, 9.17) is 5.11 Å². The highest BCUT2D eigenvalue weighted by molar-refractivity contribution is 5.70. The minimum absolute atomic E-state index is 0.0435. The van der Waals surface area contributed by atoms with Crippen molar-refractivity contribution in [3.8, 4) is 0 Å². The molecule has 2 unspecified atom stereocenters. The fourth-order valence-electron chi connectivity index (χ4n) is 2.40. The first-order valence-corrected chi connectivity index (χ1v) is 4.75. The normalized spacial score (nSPS) is 28.3. The van der Waals surface area contributed by atoms with Gasteiger partial charge in [-0.3, -0.25) is 4.79 Å². The molecule has 0 aromatic rings. The van der Waals surface area contributed by atoms with E-state index in [-0.39, 0.29) is 17.3 Å². The average molecular weight is 182 g/mol. The molecule has 0 aromatic carbocycles. The molecule has 0 amide bonds. The van der Waals surface area contributed by atoms with Crippen LogP contribution >= 0.6 is 0 Å². The van der Waals surface area contributed by atoms with Crippen LogP contribution in [0.25, 0.3) is 0 Å². The quantitative estimate of drug-likeness (QED) is 0.667. The SMILES string of the molecule is CC1=CC(C)(C)C(C(C)C(=O)O)C1. The lowest BCUT2D eigenvalue weighted by Crippen LogP contribution is -2.29. The summed E-state index contributed by atoms with van der Waals surface area (Å²) in [5.74, 6) is -0.671. The molecule has 2 heteroatoms. The molecule has 74 valence electrons. The Morgan fingerprint density at radius 1 is 1.69 bits per heavy atom. The van der Waals surface area contributed by atoms with Crippen LogP contribution in [0.5, 0.6) is 0 Å². The smallest absolute Gasteiger partial charge is 0.306 e. The summed E-state index contributed by atoms with van der Waals surface area (Å²) >= 11 is 0. The second-order valence-corrected chi connectivity index (χ2v) is 4.75. The number of carbonyl (C=O) groups is 1. The summed E-state index contributed by atoms with van der Waals surface area (Å²) in [6.45, 7) is 8.12. The minimum Gasteiger partial charge on any atom is -0.481 e. The standard InChI is InChI=1S/C11H18O2/c1-7-5-9(8(2)10(12)13)11(3,4)6-7/h6,8-9H,5H2,1-4H3,(H,12,13). The zero-order valence-electron chi connectivity index (χ0n) is 8.79. The Hall–Kier alpha value is -0.790. The Bertz CT molecular complexity index is 251. The van der Waals surface area contributed by atoms with E-state index in [0.717, 1.165) is 6.42 Å². The first-order valence-electron chi connectivity index (χ1n) is 4.75. The van der Waals surface area contributed by atoms with Crippen LogP contribution in [-0.4, -0.2) is 11.1 Å². The average Bonchev–Trinajstić information content (AvgIpc) is 2.22. The number of allylic oxidation sites excluding steroid dienone is 2. The Balaban J connectivity index is 2.81. The molecule has 0 aliphatic heterocycles. The van der Waals surface area contributed by atoms with Gasteiger partial charge in [-0.2, -0.15) is 0 Å². The van der Waals surface area contributed by atoms with Crippen LogP contribution < -0.4 is 0 Å². The van der Waals surface area contributed by atoms with E-state index in [1.54, 1.807) is 6.92 Å². The van der Waals surface area contributed by atoms with Crippen LogP contribution in [-0.2, 0) is 4.79 Å². The molecule has 0 aromatic heterocycles. The Morgan fingerprint density at radius 3 is 2.54 bits per heavy atom. The molecule has 1 aliphatic carbocycles. The Kier molecular flexibility index (Phi) is 2.51. The van der Waals surface area contributed by atoms with Gasteiger partial charge < -0.3 is 5.11 Å². The van der Waals surface area contributed by atoms with Gasteiger partial charge in [0, 0.05) is 0 Å². The second-order valence-electron chi connectivity index (χ2n) is 4.75. The van der Waals surface area contributed by atoms with Crippen molar-refractivity contribution in [3.63, 3.8) is 0 Å². The monoisotopic (exact) mass is 182 g/mol. The van der Waals surface area contributed by atoms with E-state index in [1.165, 1.54) is 5.57 Å². The maximum Gasteiger partial charge on any atom is 0.306 e. The second kappa shape index (κ2) is 3.17. The summed E-state index contributed by atoms with van der Waals surface area (Å²) in [6, 6.07) is 0. The van der Waals surface area contributed by atoms with Crippen LogP contribution in [0.15, 0.2) is 11.6 Å². The summed E-state index contributed by atoms with van der Waals surface area (Å²) < 4.78 is 0. The molecule has 0 saturated heterocycles. The number of carboxylic acids is 1. The molecule has 0 spiro atoms. The molecule has 1 rings (SSSR count). The molecule has 0 radical (unpaired) electrons. The third-order valence-corrected chi connectivity index (χ3v) is 3.11. The van der Waals surface area contributed by atoms with Crippen LogP contribution in [0.2, 0.25) is 0 Å². The van der Waals surface area contributed by atoms with Gasteiger partial charge in [0.2, 0.25) is 0 Å². The molecule has 2 nitrogen and oxygen atoms in total. The van der Waals surface area contributed by atoms with E-state index in [2.05, 4.69) is 26.8 Å². The Labute approximate surface area is 79.6 Å². The molecule has 1 N–H and O–H groups in total. The topological polar surface area (TPSA) is 37.3 Å². The molecule has 0 saturated carbocycles. The van der Waals surface area contributed by atoms with Gasteiger partial charge in [-0.05, 0) is 24.7 Å². The van der Waals surface area contributed by atoms with Crippen molar-refractivity contribution in [2.75, 3.05) is 0 Å².